The second-order valence-electron chi connectivity index (χ2n) is 6.24. The summed E-state index contributed by atoms with van der Waals surface area (Å²) >= 11 is 1.51. The summed E-state index contributed by atoms with van der Waals surface area (Å²) in [5.41, 5.74) is 2.02. The molecule has 0 aliphatic rings. The lowest BCUT2D eigenvalue weighted by molar-refractivity contribution is -0.141. The third-order valence-electron chi connectivity index (χ3n) is 4.23. The van der Waals surface area contributed by atoms with Crippen LogP contribution in [0.5, 0.6) is 0 Å². The quantitative estimate of drug-likeness (QED) is 0.699. The average molecular weight is 368 g/mol. The highest BCUT2D eigenvalue weighted by Crippen LogP contribution is 2.25. The van der Waals surface area contributed by atoms with E-state index in [1.807, 2.05) is 25.1 Å². The van der Waals surface area contributed by atoms with E-state index in [1.165, 1.54) is 34.6 Å². The number of rotatable bonds is 6. The first-order valence-electron chi connectivity index (χ1n) is 8.38. The minimum absolute atomic E-state index is 0.149. The largest absolute Gasteiger partial charge is 0.480 e. The number of thiazole rings is 1. The molecule has 134 valence electrons. The van der Waals surface area contributed by atoms with Gasteiger partial charge in [0.05, 0.1) is 17.1 Å². The molecule has 1 unspecified atom stereocenters. The zero-order valence-electron chi connectivity index (χ0n) is 14.7. The molecule has 1 heterocycles. The fourth-order valence-corrected chi connectivity index (χ4v) is 3.93. The maximum absolute atomic E-state index is 12.0. The molecule has 0 radical (unpaired) electrons. The zero-order chi connectivity index (χ0) is 18.7. The third kappa shape index (κ3) is 4.08. The van der Waals surface area contributed by atoms with Crippen molar-refractivity contribution in [1.29, 1.82) is 0 Å². The summed E-state index contributed by atoms with van der Waals surface area (Å²) in [6, 6.07) is 13.6. The molecule has 0 spiro atoms. The van der Waals surface area contributed by atoms with Crippen LogP contribution in [0.1, 0.15) is 28.1 Å². The summed E-state index contributed by atoms with van der Waals surface area (Å²) in [6.45, 7) is 3.33. The Morgan fingerprint density at radius 2 is 1.92 bits per heavy atom. The second kappa shape index (κ2) is 7.66. The molecule has 1 atom stereocenters. The smallest absolute Gasteiger partial charge is 0.325 e. The lowest BCUT2D eigenvalue weighted by Crippen LogP contribution is -2.39. The Labute approximate surface area is 155 Å². The maximum Gasteiger partial charge on any atom is 0.325 e. The lowest BCUT2D eigenvalue weighted by atomic mass is 10.0. The van der Waals surface area contributed by atoms with Gasteiger partial charge in [-0.1, -0.05) is 42.5 Å². The van der Waals surface area contributed by atoms with Crippen molar-refractivity contribution in [2.75, 3.05) is 0 Å². The fourth-order valence-electron chi connectivity index (χ4n) is 2.84. The molecule has 0 fully saturated rings. The van der Waals surface area contributed by atoms with Gasteiger partial charge in [0.25, 0.3) is 0 Å². The van der Waals surface area contributed by atoms with Crippen molar-refractivity contribution >= 4 is 34.0 Å². The number of aromatic nitrogens is 1. The Balaban J connectivity index is 1.76. The number of aliphatic carboxylic acids is 1. The number of carboxylic acids is 1. The monoisotopic (exact) mass is 368 g/mol. The number of nitrogens with zero attached hydrogens (tertiary/aromatic N) is 1. The van der Waals surface area contributed by atoms with Crippen molar-refractivity contribution < 1.29 is 14.7 Å². The molecule has 0 aliphatic carbocycles. The van der Waals surface area contributed by atoms with Crippen LogP contribution >= 0.6 is 11.3 Å². The van der Waals surface area contributed by atoms with Gasteiger partial charge in [0, 0.05) is 11.3 Å². The van der Waals surface area contributed by atoms with Gasteiger partial charge in [0.2, 0.25) is 5.91 Å². The van der Waals surface area contributed by atoms with Gasteiger partial charge in [-0.3, -0.25) is 9.59 Å². The Kier molecular flexibility index (Phi) is 5.32. The van der Waals surface area contributed by atoms with Crippen molar-refractivity contribution in [1.82, 2.24) is 10.3 Å². The van der Waals surface area contributed by atoms with Crippen LogP contribution < -0.4 is 5.32 Å². The van der Waals surface area contributed by atoms with Crippen LogP contribution in [0.25, 0.3) is 10.8 Å². The van der Waals surface area contributed by atoms with E-state index in [2.05, 4.69) is 34.6 Å². The van der Waals surface area contributed by atoms with Gasteiger partial charge in [0.15, 0.2) is 0 Å². The molecule has 1 amide bonds. The molecule has 0 saturated heterocycles. The number of amides is 1. The van der Waals surface area contributed by atoms with Crippen LogP contribution in [0, 0.1) is 6.92 Å². The van der Waals surface area contributed by atoms with E-state index in [0.29, 0.717) is 6.42 Å². The van der Waals surface area contributed by atoms with Gasteiger partial charge in [-0.2, -0.15) is 0 Å². The zero-order valence-corrected chi connectivity index (χ0v) is 15.5. The molecule has 2 aromatic carbocycles. The molecule has 0 aliphatic heterocycles. The summed E-state index contributed by atoms with van der Waals surface area (Å²) in [5.74, 6) is -1.35. The van der Waals surface area contributed by atoms with Crippen LogP contribution in [-0.4, -0.2) is 28.0 Å². The predicted molar refractivity (Wildman–Crippen MR) is 103 cm³/mol. The highest BCUT2D eigenvalue weighted by atomic mass is 32.1. The second-order valence-corrected chi connectivity index (χ2v) is 7.40. The molecule has 2 N–H and O–H groups in total. The van der Waals surface area contributed by atoms with Crippen molar-refractivity contribution in [3.63, 3.8) is 0 Å². The molecule has 5 nitrogen and oxygen atoms in total. The number of nitrogens with one attached hydrogen (secondary N) is 1. The minimum Gasteiger partial charge on any atom is -0.480 e. The minimum atomic E-state index is -1.05. The molecular weight excluding hydrogens is 348 g/mol. The van der Waals surface area contributed by atoms with Crippen molar-refractivity contribution in [2.24, 2.45) is 0 Å². The van der Waals surface area contributed by atoms with Crippen LogP contribution in [0.15, 0.2) is 42.5 Å². The number of carboxylic acid groups (broad SMARTS) is 1. The van der Waals surface area contributed by atoms with E-state index in [1.54, 1.807) is 0 Å². The summed E-state index contributed by atoms with van der Waals surface area (Å²) in [5, 5.41) is 14.7. The van der Waals surface area contributed by atoms with E-state index in [0.717, 1.165) is 15.6 Å². The molecule has 0 saturated carbocycles. The van der Waals surface area contributed by atoms with Crippen LogP contribution in [0.3, 0.4) is 0 Å². The fraction of sp³-hybridized carbons (Fsp3) is 0.250. The standard InChI is InChI=1S/C20H20N2O3S/c1-12-17(11-18(23)21-13(2)20(24)25)26-19(22-12)10-15-8-5-7-14-6-3-4-9-16(14)15/h3-9,13H,10-11H2,1-2H3,(H,21,23)(H,24,25). The number of benzene rings is 2. The first kappa shape index (κ1) is 18.1. The van der Waals surface area contributed by atoms with Crippen LogP contribution in [0.4, 0.5) is 0 Å². The van der Waals surface area contributed by atoms with Gasteiger partial charge in [0.1, 0.15) is 6.04 Å². The Hall–Kier alpha value is -2.73. The number of carbonyl (C=O) groups excluding carboxylic acids is 1. The normalized spacial score (nSPS) is 12.1. The number of aryl methyl sites for hydroxylation is 1. The van der Waals surface area contributed by atoms with E-state index in [-0.39, 0.29) is 12.3 Å². The summed E-state index contributed by atoms with van der Waals surface area (Å²) < 4.78 is 0. The van der Waals surface area contributed by atoms with Crippen molar-refractivity contribution in [3.8, 4) is 0 Å². The highest BCUT2D eigenvalue weighted by Gasteiger charge is 2.17. The van der Waals surface area contributed by atoms with Crippen molar-refractivity contribution in [3.05, 3.63) is 63.6 Å². The number of hydrogen-bond acceptors (Lipinski definition) is 4. The Bertz CT molecular complexity index is 959. The molecular formula is C20H20N2O3S. The summed E-state index contributed by atoms with van der Waals surface area (Å²) in [6.07, 6.45) is 0.858. The maximum atomic E-state index is 12.0. The first-order chi connectivity index (χ1) is 12.4. The highest BCUT2D eigenvalue weighted by molar-refractivity contribution is 7.11. The molecule has 3 rings (SSSR count). The molecule has 1 aromatic heterocycles. The lowest BCUT2D eigenvalue weighted by Gasteiger charge is -2.08. The molecule has 6 heteroatoms. The molecule has 0 bridgehead atoms. The average Bonchev–Trinajstić information content (AvgIpc) is 2.94. The van der Waals surface area contributed by atoms with E-state index < -0.39 is 12.0 Å². The first-order valence-corrected chi connectivity index (χ1v) is 9.19. The van der Waals surface area contributed by atoms with Crippen molar-refractivity contribution in [2.45, 2.75) is 32.7 Å². The Morgan fingerprint density at radius 1 is 1.19 bits per heavy atom. The van der Waals surface area contributed by atoms with Crippen LogP contribution in [-0.2, 0) is 22.4 Å². The Morgan fingerprint density at radius 3 is 2.69 bits per heavy atom. The topological polar surface area (TPSA) is 79.3 Å². The van der Waals surface area contributed by atoms with E-state index in [9.17, 15) is 9.59 Å². The number of fused-ring (bicyclic) bond motifs is 1. The number of carbonyl (C=O) groups is 2. The molecule has 26 heavy (non-hydrogen) atoms. The summed E-state index contributed by atoms with van der Waals surface area (Å²) in [4.78, 5) is 28.3. The third-order valence-corrected chi connectivity index (χ3v) is 5.39. The van der Waals surface area contributed by atoms with E-state index >= 15 is 0 Å². The van der Waals surface area contributed by atoms with Gasteiger partial charge in [-0.25, -0.2) is 4.98 Å². The SMILES string of the molecule is Cc1nc(Cc2cccc3ccccc23)sc1CC(=O)NC(C)C(=O)O. The van der Waals surface area contributed by atoms with Gasteiger partial charge >= 0.3 is 5.97 Å². The van der Waals surface area contributed by atoms with Gasteiger partial charge < -0.3 is 10.4 Å². The van der Waals surface area contributed by atoms with Gasteiger partial charge in [-0.05, 0) is 30.2 Å². The summed E-state index contributed by atoms with van der Waals surface area (Å²) in [7, 11) is 0. The van der Waals surface area contributed by atoms with E-state index in [4.69, 9.17) is 5.11 Å². The predicted octanol–water partition coefficient (Wildman–Crippen LogP) is 3.33. The van der Waals surface area contributed by atoms with Gasteiger partial charge in [-0.15, -0.1) is 11.3 Å². The number of hydrogen-bond donors (Lipinski definition) is 2. The van der Waals surface area contributed by atoms with Crippen LogP contribution in [0.2, 0.25) is 0 Å². The molecule has 3 aromatic rings.